The second kappa shape index (κ2) is 8.73. The molecule has 2 heterocycles. The molecular weight excluding hydrogens is 432 g/mol. The molecule has 3 aromatic carbocycles. The molecule has 6 nitrogen and oxygen atoms in total. The molecule has 164 valence electrons. The van der Waals surface area contributed by atoms with Gasteiger partial charge in [0.05, 0.1) is 25.7 Å². The smallest absolute Gasteiger partial charge is 0.204 e. The van der Waals surface area contributed by atoms with E-state index in [1.165, 1.54) is 0 Å². The lowest BCUT2D eigenvalue weighted by atomic mass is 10.1. The van der Waals surface area contributed by atoms with E-state index in [0.717, 1.165) is 5.56 Å². The SMILES string of the molecule is COc1cccc2c(=O)c3c(OCCc4cccc(Cl)c4)cc(OCC4CO4)cc3oc12. The Labute approximate surface area is 189 Å². The molecule has 1 unspecified atom stereocenters. The number of ether oxygens (including phenoxy) is 4. The van der Waals surface area contributed by atoms with E-state index < -0.39 is 0 Å². The van der Waals surface area contributed by atoms with Crippen molar-refractivity contribution in [2.75, 3.05) is 26.9 Å². The molecule has 32 heavy (non-hydrogen) atoms. The van der Waals surface area contributed by atoms with Gasteiger partial charge >= 0.3 is 0 Å². The fourth-order valence-corrected chi connectivity index (χ4v) is 3.81. The highest BCUT2D eigenvalue weighted by Crippen LogP contribution is 2.34. The van der Waals surface area contributed by atoms with Crippen LogP contribution in [0.3, 0.4) is 0 Å². The van der Waals surface area contributed by atoms with Gasteiger partial charge in [0.2, 0.25) is 5.43 Å². The molecule has 0 spiro atoms. The fourth-order valence-electron chi connectivity index (χ4n) is 3.60. The van der Waals surface area contributed by atoms with Crippen LogP contribution in [0, 0.1) is 0 Å². The number of methoxy groups -OCH3 is 1. The van der Waals surface area contributed by atoms with E-state index in [1.807, 2.05) is 24.3 Å². The van der Waals surface area contributed by atoms with E-state index >= 15 is 0 Å². The number of fused-ring (bicyclic) bond motifs is 2. The van der Waals surface area contributed by atoms with Gasteiger partial charge in [-0.05, 0) is 29.8 Å². The maximum atomic E-state index is 13.4. The monoisotopic (exact) mass is 452 g/mol. The Kier molecular flexibility index (Phi) is 5.64. The zero-order chi connectivity index (χ0) is 22.1. The molecule has 1 fully saturated rings. The first-order valence-electron chi connectivity index (χ1n) is 10.3. The molecular formula is C25H21ClO6. The van der Waals surface area contributed by atoms with Crippen molar-refractivity contribution >= 4 is 33.5 Å². The van der Waals surface area contributed by atoms with Crippen molar-refractivity contribution in [1.82, 2.24) is 0 Å². The Bertz CT molecular complexity index is 1340. The molecule has 7 heteroatoms. The van der Waals surface area contributed by atoms with E-state index in [2.05, 4.69) is 0 Å². The highest BCUT2D eigenvalue weighted by Gasteiger charge is 2.24. The molecule has 1 aliphatic rings. The second-order valence-corrected chi connectivity index (χ2v) is 7.99. The number of hydrogen-bond acceptors (Lipinski definition) is 6. The predicted octanol–water partition coefficient (Wildman–Crippen LogP) is 5.01. The van der Waals surface area contributed by atoms with E-state index in [9.17, 15) is 4.79 Å². The van der Waals surface area contributed by atoms with Crippen molar-refractivity contribution in [2.24, 2.45) is 0 Å². The van der Waals surface area contributed by atoms with Crippen LogP contribution in [0.5, 0.6) is 17.2 Å². The van der Waals surface area contributed by atoms with Crippen molar-refractivity contribution in [3.8, 4) is 17.2 Å². The van der Waals surface area contributed by atoms with Gasteiger partial charge < -0.3 is 23.4 Å². The minimum Gasteiger partial charge on any atom is -0.493 e. The van der Waals surface area contributed by atoms with Crippen molar-refractivity contribution in [3.05, 3.63) is 75.4 Å². The molecule has 0 saturated carbocycles. The van der Waals surface area contributed by atoms with Gasteiger partial charge in [0.25, 0.3) is 0 Å². The Hall–Kier alpha value is -3.22. The number of rotatable bonds is 8. The Morgan fingerprint density at radius 3 is 2.69 bits per heavy atom. The normalized spacial score (nSPS) is 15.1. The highest BCUT2D eigenvalue weighted by molar-refractivity contribution is 6.30. The number of para-hydroxylation sites is 1. The molecule has 4 aromatic rings. The van der Waals surface area contributed by atoms with E-state index in [4.69, 9.17) is 35.0 Å². The summed E-state index contributed by atoms with van der Waals surface area (Å²) in [5.41, 5.74) is 1.62. The summed E-state index contributed by atoms with van der Waals surface area (Å²) in [5, 5.41) is 1.47. The van der Waals surface area contributed by atoms with Crippen LogP contribution in [-0.4, -0.2) is 33.0 Å². The average molecular weight is 453 g/mol. The summed E-state index contributed by atoms with van der Waals surface area (Å²) in [4.78, 5) is 13.4. The largest absolute Gasteiger partial charge is 0.493 e. The Morgan fingerprint density at radius 1 is 1.06 bits per heavy atom. The number of benzene rings is 3. The van der Waals surface area contributed by atoms with Gasteiger partial charge in [0.1, 0.15) is 35.2 Å². The zero-order valence-electron chi connectivity index (χ0n) is 17.4. The van der Waals surface area contributed by atoms with Gasteiger partial charge in [-0.3, -0.25) is 4.79 Å². The lowest BCUT2D eigenvalue weighted by molar-refractivity contribution is 0.261. The predicted molar refractivity (Wildman–Crippen MR) is 122 cm³/mol. The van der Waals surface area contributed by atoms with E-state index in [1.54, 1.807) is 37.4 Å². The van der Waals surface area contributed by atoms with Gasteiger partial charge in [0.15, 0.2) is 11.3 Å². The summed E-state index contributed by atoms with van der Waals surface area (Å²) in [6.45, 7) is 1.47. The summed E-state index contributed by atoms with van der Waals surface area (Å²) in [6, 6.07) is 16.3. The number of halogens is 1. The molecule has 1 atom stereocenters. The second-order valence-electron chi connectivity index (χ2n) is 7.56. The quantitative estimate of drug-likeness (QED) is 0.276. The van der Waals surface area contributed by atoms with Gasteiger partial charge in [-0.1, -0.05) is 29.8 Å². The average Bonchev–Trinajstić information content (AvgIpc) is 3.62. The molecule has 1 aromatic heterocycles. The van der Waals surface area contributed by atoms with Crippen LogP contribution in [0.2, 0.25) is 5.02 Å². The van der Waals surface area contributed by atoms with Gasteiger partial charge in [-0.2, -0.15) is 0 Å². The first-order chi connectivity index (χ1) is 15.6. The summed E-state index contributed by atoms with van der Waals surface area (Å²) in [6.07, 6.45) is 0.733. The molecule has 0 bridgehead atoms. The van der Waals surface area contributed by atoms with Crippen molar-refractivity contribution in [2.45, 2.75) is 12.5 Å². The summed E-state index contributed by atoms with van der Waals surface area (Å²) in [5.74, 6) is 1.44. The minimum atomic E-state index is -0.185. The van der Waals surface area contributed by atoms with Crippen LogP contribution in [0.1, 0.15) is 5.56 Å². The molecule has 5 rings (SSSR count). The molecule has 0 amide bonds. The van der Waals surface area contributed by atoms with Crippen LogP contribution in [0.4, 0.5) is 0 Å². The van der Waals surface area contributed by atoms with Crippen LogP contribution in [0.15, 0.2) is 63.8 Å². The fraction of sp³-hybridized carbons (Fsp3) is 0.240. The molecule has 0 N–H and O–H groups in total. The Morgan fingerprint density at radius 2 is 1.91 bits per heavy atom. The van der Waals surface area contributed by atoms with E-state index in [-0.39, 0.29) is 11.5 Å². The lowest BCUT2D eigenvalue weighted by Gasteiger charge is -2.13. The summed E-state index contributed by atoms with van der Waals surface area (Å²) in [7, 11) is 1.54. The maximum absolute atomic E-state index is 13.4. The molecule has 0 radical (unpaired) electrons. The van der Waals surface area contributed by atoms with Gasteiger partial charge in [-0.15, -0.1) is 0 Å². The number of hydrogen-bond donors (Lipinski definition) is 0. The van der Waals surface area contributed by atoms with Crippen LogP contribution < -0.4 is 19.6 Å². The summed E-state index contributed by atoms with van der Waals surface area (Å²) < 4.78 is 28.6. The third-order valence-electron chi connectivity index (χ3n) is 5.30. The molecule has 1 aliphatic heterocycles. The molecule has 1 saturated heterocycles. The zero-order valence-corrected chi connectivity index (χ0v) is 18.2. The van der Waals surface area contributed by atoms with Crippen molar-refractivity contribution in [3.63, 3.8) is 0 Å². The first-order valence-corrected chi connectivity index (χ1v) is 10.7. The summed E-state index contributed by atoms with van der Waals surface area (Å²) >= 11 is 6.07. The van der Waals surface area contributed by atoms with Crippen LogP contribution in [0.25, 0.3) is 21.9 Å². The van der Waals surface area contributed by atoms with Crippen LogP contribution >= 0.6 is 11.6 Å². The van der Waals surface area contributed by atoms with Gasteiger partial charge in [-0.25, -0.2) is 0 Å². The highest BCUT2D eigenvalue weighted by atomic mass is 35.5. The standard InChI is InChI=1S/C25H21ClO6/c1-28-20-7-3-6-19-24(27)23-21(29-9-8-15-4-2-5-16(26)10-15)11-17(30-13-18-14-31-18)12-22(23)32-25(19)20/h2-7,10-12,18H,8-9,13-14H2,1H3. The third kappa shape index (κ3) is 4.24. The first kappa shape index (κ1) is 20.7. The minimum absolute atomic E-state index is 0.0987. The lowest BCUT2D eigenvalue weighted by Crippen LogP contribution is -2.09. The van der Waals surface area contributed by atoms with Gasteiger partial charge in [0, 0.05) is 23.6 Å². The van der Waals surface area contributed by atoms with Crippen molar-refractivity contribution < 1.29 is 23.4 Å². The Balaban J connectivity index is 1.54. The maximum Gasteiger partial charge on any atom is 0.204 e. The number of epoxide rings is 1. The molecule has 0 aliphatic carbocycles. The topological polar surface area (TPSA) is 70.4 Å². The third-order valence-corrected chi connectivity index (χ3v) is 5.53. The van der Waals surface area contributed by atoms with Crippen LogP contribution in [-0.2, 0) is 11.2 Å². The van der Waals surface area contributed by atoms with E-state index in [0.29, 0.717) is 70.5 Å². The van der Waals surface area contributed by atoms with Crippen molar-refractivity contribution in [1.29, 1.82) is 0 Å².